The Bertz CT molecular complexity index is 624. The second-order valence-electron chi connectivity index (χ2n) is 4.94. The molecule has 112 valence electrons. The Morgan fingerprint density at radius 2 is 2.00 bits per heavy atom. The minimum atomic E-state index is -4.03. The number of halogens is 1. The number of nitro groups is 1. The van der Waals surface area contributed by atoms with Gasteiger partial charge < -0.3 is 5.11 Å². The fraction of sp³-hybridized carbons (Fsp3) is 0.455. The van der Waals surface area contributed by atoms with Crippen LogP contribution in [-0.2, 0) is 10.0 Å². The van der Waals surface area contributed by atoms with Crippen LogP contribution in [0.1, 0.15) is 13.8 Å². The fourth-order valence-corrected chi connectivity index (χ4v) is 2.94. The van der Waals surface area contributed by atoms with Gasteiger partial charge in [0.1, 0.15) is 0 Å². The molecular weight excluding hydrogens is 291 g/mol. The topological polar surface area (TPSA) is 101 Å². The van der Waals surface area contributed by atoms with E-state index in [2.05, 4.69) is 0 Å². The second kappa shape index (κ2) is 5.43. The first kappa shape index (κ1) is 16.5. The summed E-state index contributed by atoms with van der Waals surface area (Å²) in [6, 6.07) is 2.34. The zero-order chi connectivity index (χ0) is 15.7. The molecule has 0 heterocycles. The van der Waals surface area contributed by atoms with Gasteiger partial charge in [0.25, 0.3) is 0 Å². The van der Waals surface area contributed by atoms with E-state index in [0.29, 0.717) is 6.07 Å². The van der Waals surface area contributed by atoms with Crippen molar-refractivity contribution in [3.63, 3.8) is 0 Å². The van der Waals surface area contributed by atoms with E-state index in [4.69, 9.17) is 0 Å². The monoisotopic (exact) mass is 306 g/mol. The van der Waals surface area contributed by atoms with Gasteiger partial charge in [0.2, 0.25) is 15.8 Å². The molecule has 0 amide bonds. The average Bonchev–Trinajstić information content (AvgIpc) is 2.25. The van der Waals surface area contributed by atoms with Crippen LogP contribution in [0.5, 0.6) is 0 Å². The third kappa shape index (κ3) is 3.71. The number of hydrogen-bond donors (Lipinski definition) is 1. The van der Waals surface area contributed by atoms with Gasteiger partial charge in [-0.2, -0.15) is 8.70 Å². The van der Waals surface area contributed by atoms with E-state index in [1.165, 1.54) is 20.9 Å². The molecule has 0 saturated carbocycles. The quantitative estimate of drug-likeness (QED) is 0.649. The highest BCUT2D eigenvalue weighted by Crippen LogP contribution is 2.23. The normalized spacial score (nSPS) is 12.7. The van der Waals surface area contributed by atoms with Gasteiger partial charge in [0, 0.05) is 25.7 Å². The highest BCUT2D eigenvalue weighted by Gasteiger charge is 2.28. The van der Waals surface area contributed by atoms with Crippen molar-refractivity contribution in [1.29, 1.82) is 0 Å². The molecule has 1 aromatic rings. The van der Waals surface area contributed by atoms with E-state index in [-0.39, 0.29) is 6.54 Å². The average molecular weight is 306 g/mol. The van der Waals surface area contributed by atoms with Crippen LogP contribution in [0.2, 0.25) is 0 Å². The molecule has 9 heteroatoms. The van der Waals surface area contributed by atoms with Crippen molar-refractivity contribution in [1.82, 2.24) is 4.31 Å². The summed E-state index contributed by atoms with van der Waals surface area (Å²) in [7, 11) is -2.80. The van der Waals surface area contributed by atoms with E-state index in [9.17, 15) is 28.0 Å². The molecule has 0 aromatic heterocycles. The molecule has 0 radical (unpaired) electrons. The maximum absolute atomic E-state index is 13.5. The standard InChI is InChI=1S/C11H15FN2O5S/c1-11(2,15)7-13(3)20(18,19)8-4-5-10(14(16)17)9(12)6-8/h4-6,15H,7H2,1-3H3. The van der Waals surface area contributed by atoms with Crippen LogP contribution in [0, 0.1) is 15.9 Å². The zero-order valence-electron chi connectivity index (χ0n) is 11.2. The van der Waals surface area contributed by atoms with Gasteiger partial charge in [-0.3, -0.25) is 10.1 Å². The van der Waals surface area contributed by atoms with Crippen molar-refractivity contribution < 1.29 is 22.8 Å². The lowest BCUT2D eigenvalue weighted by molar-refractivity contribution is -0.387. The zero-order valence-corrected chi connectivity index (χ0v) is 12.0. The van der Waals surface area contributed by atoms with Crippen LogP contribution in [0.25, 0.3) is 0 Å². The van der Waals surface area contributed by atoms with E-state index < -0.39 is 36.9 Å². The molecule has 0 fully saturated rings. The number of sulfonamides is 1. The Morgan fingerprint density at radius 3 is 2.40 bits per heavy atom. The number of benzene rings is 1. The van der Waals surface area contributed by atoms with Crippen molar-refractivity contribution >= 4 is 15.7 Å². The van der Waals surface area contributed by atoms with Crippen LogP contribution in [0.4, 0.5) is 10.1 Å². The molecule has 7 nitrogen and oxygen atoms in total. The Labute approximate surface area is 115 Å². The molecule has 0 bridgehead atoms. The van der Waals surface area contributed by atoms with Crippen LogP contribution in [-0.4, -0.2) is 41.9 Å². The minimum Gasteiger partial charge on any atom is -0.389 e. The van der Waals surface area contributed by atoms with Crippen molar-refractivity contribution in [2.45, 2.75) is 24.3 Å². The largest absolute Gasteiger partial charge is 0.389 e. The summed E-state index contributed by atoms with van der Waals surface area (Å²) in [5.74, 6) is -1.23. The predicted molar refractivity (Wildman–Crippen MR) is 69.2 cm³/mol. The molecule has 1 rings (SSSR count). The number of likely N-dealkylation sites (N-methyl/N-ethyl adjacent to an activating group) is 1. The number of hydrogen-bond acceptors (Lipinski definition) is 5. The Hall–Kier alpha value is -1.58. The van der Waals surface area contributed by atoms with E-state index in [1.54, 1.807) is 0 Å². The third-order valence-corrected chi connectivity index (χ3v) is 4.23. The maximum atomic E-state index is 13.5. The molecule has 0 aliphatic carbocycles. The molecule has 0 aliphatic rings. The van der Waals surface area contributed by atoms with Gasteiger partial charge in [-0.05, 0) is 19.9 Å². The first-order valence-electron chi connectivity index (χ1n) is 5.58. The summed E-state index contributed by atoms with van der Waals surface area (Å²) in [6.45, 7) is 2.65. The fourth-order valence-electron chi connectivity index (χ4n) is 1.61. The number of aliphatic hydroxyl groups is 1. The molecule has 20 heavy (non-hydrogen) atoms. The summed E-state index contributed by atoms with van der Waals surface area (Å²) in [5, 5.41) is 20.1. The smallest absolute Gasteiger partial charge is 0.304 e. The molecular formula is C11H15FN2O5S. The minimum absolute atomic E-state index is 0.200. The lowest BCUT2D eigenvalue weighted by Gasteiger charge is -2.25. The summed E-state index contributed by atoms with van der Waals surface area (Å²) in [6.07, 6.45) is 0. The highest BCUT2D eigenvalue weighted by atomic mass is 32.2. The molecule has 0 unspecified atom stereocenters. The Balaban J connectivity index is 3.17. The van der Waals surface area contributed by atoms with Crippen molar-refractivity contribution in [3.05, 3.63) is 34.1 Å². The second-order valence-corrected chi connectivity index (χ2v) is 6.99. The molecule has 1 aromatic carbocycles. The Kier molecular flexibility index (Phi) is 4.47. The molecule has 0 saturated heterocycles. The van der Waals surface area contributed by atoms with E-state index in [0.717, 1.165) is 16.4 Å². The third-order valence-electron chi connectivity index (χ3n) is 2.43. The maximum Gasteiger partial charge on any atom is 0.304 e. The Morgan fingerprint density at radius 1 is 1.45 bits per heavy atom. The van der Waals surface area contributed by atoms with Crippen LogP contribution < -0.4 is 0 Å². The first-order valence-corrected chi connectivity index (χ1v) is 7.02. The SMILES string of the molecule is CN(CC(C)(C)O)S(=O)(=O)c1ccc([N+](=O)[O-])c(F)c1. The van der Waals surface area contributed by atoms with E-state index in [1.807, 2.05) is 0 Å². The lowest BCUT2D eigenvalue weighted by Crippen LogP contribution is -2.39. The molecule has 0 atom stereocenters. The predicted octanol–water partition coefficient (Wildman–Crippen LogP) is 1.13. The molecule has 0 aliphatic heterocycles. The lowest BCUT2D eigenvalue weighted by atomic mass is 10.1. The van der Waals surface area contributed by atoms with E-state index >= 15 is 0 Å². The van der Waals surface area contributed by atoms with Gasteiger partial charge in [-0.1, -0.05) is 0 Å². The van der Waals surface area contributed by atoms with Crippen molar-refractivity contribution in [2.24, 2.45) is 0 Å². The summed E-state index contributed by atoms with van der Waals surface area (Å²) in [4.78, 5) is 9.13. The summed E-state index contributed by atoms with van der Waals surface area (Å²) in [5.41, 5.74) is -2.06. The van der Waals surface area contributed by atoms with Gasteiger partial charge in [-0.15, -0.1) is 0 Å². The van der Waals surface area contributed by atoms with Gasteiger partial charge in [0.05, 0.1) is 15.4 Å². The first-order chi connectivity index (χ1) is 8.95. The highest BCUT2D eigenvalue weighted by molar-refractivity contribution is 7.89. The van der Waals surface area contributed by atoms with Crippen molar-refractivity contribution in [3.8, 4) is 0 Å². The van der Waals surface area contributed by atoms with Gasteiger partial charge in [-0.25, -0.2) is 8.42 Å². The van der Waals surface area contributed by atoms with Gasteiger partial charge >= 0.3 is 5.69 Å². The van der Waals surface area contributed by atoms with Gasteiger partial charge in [0.15, 0.2) is 0 Å². The van der Waals surface area contributed by atoms with Crippen molar-refractivity contribution in [2.75, 3.05) is 13.6 Å². The summed E-state index contributed by atoms with van der Waals surface area (Å²) < 4.78 is 38.6. The van der Waals surface area contributed by atoms with Crippen LogP contribution in [0.15, 0.2) is 23.1 Å². The van der Waals surface area contributed by atoms with Crippen LogP contribution in [0.3, 0.4) is 0 Å². The van der Waals surface area contributed by atoms with Crippen LogP contribution >= 0.6 is 0 Å². The summed E-state index contributed by atoms with van der Waals surface area (Å²) >= 11 is 0. The number of nitrogens with zero attached hydrogens (tertiary/aromatic N) is 2. The number of rotatable bonds is 5. The number of nitro benzene ring substituents is 1. The molecule has 1 N–H and O–H groups in total. The molecule has 0 spiro atoms.